The smallest absolute Gasteiger partial charge is 0.128 e. The Balaban J connectivity index is 2.24. The lowest BCUT2D eigenvalue weighted by Gasteiger charge is -2.15. The van der Waals surface area contributed by atoms with E-state index >= 15 is 0 Å². The van der Waals surface area contributed by atoms with Crippen LogP contribution in [0, 0.1) is 0 Å². The predicted molar refractivity (Wildman–Crippen MR) is 69.1 cm³/mol. The van der Waals surface area contributed by atoms with E-state index in [0.717, 1.165) is 12.2 Å². The number of fused-ring (bicyclic) bond motifs is 1. The van der Waals surface area contributed by atoms with Gasteiger partial charge in [-0.1, -0.05) is 25.3 Å². The van der Waals surface area contributed by atoms with Gasteiger partial charge in [-0.05, 0) is 37.3 Å². The van der Waals surface area contributed by atoms with Crippen LogP contribution < -0.4 is 4.90 Å². The molecule has 2 rings (SSSR count). The zero-order valence-corrected chi connectivity index (χ0v) is 10.5. The SMILES string of the molecule is CN(C)c1ccc2c(n1)CCCCCCC2. The van der Waals surface area contributed by atoms with E-state index in [2.05, 4.69) is 31.1 Å². The van der Waals surface area contributed by atoms with Crippen LogP contribution >= 0.6 is 0 Å². The van der Waals surface area contributed by atoms with Gasteiger partial charge in [0.1, 0.15) is 5.82 Å². The van der Waals surface area contributed by atoms with E-state index in [1.165, 1.54) is 49.8 Å². The second-order valence-corrected chi connectivity index (χ2v) is 4.94. The van der Waals surface area contributed by atoms with Gasteiger partial charge in [0.15, 0.2) is 0 Å². The largest absolute Gasteiger partial charge is 0.363 e. The van der Waals surface area contributed by atoms with Crippen LogP contribution in [-0.2, 0) is 12.8 Å². The van der Waals surface area contributed by atoms with E-state index in [9.17, 15) is 0 Å². The molecule has 1 aliphatic rings. The van der Waals surface area contributed by atoms with Gasteiger partial charge < -0.3 is 4.90 Å². The molecular formula is C14H22N2. The summed E-state index contributed by atoms with van der Waals surface area (Å²) in [5, 5.41) is 0. The summed E-state index contributed by atoms with van der Waals surface area (Å²) >= 11 is 0. The number of nitrogens with zero attached hydrogens (tertiary/aromatic N) is 2. The van der Waals surface area contributed by atoms with Crippen molar-refractivity contribution < 1.29 is 0 Å². The van der Waals surface area contributed by atoms with Crippen molar-refractivity contribution in [2.75, 3.05) is 19.0 Å². The van der Waals surface area contributed by atoms with Crippen molar-refractivity contribution in [1.29, 1.82) is 0 Å². The van der Waals surface area contributed by atoms with Gasteiger partial charge in [0.25, 0.3) is 0 Å². The minimum Gasteiger partial charge on any atom is -0.363 e. The highest BCUT2D eigenvalue weighted by Gasteiger charge is 2.09. The molecule has 2 heteroatoms. The highest BCUT2D eigenvalue weighted by atomic mass is 15.1. The highest BCUT2D eigenvalue weighted by Crippen LogP contribution is 2.20. The van der Waals surface area contributed by atoms with Gasteiger partial charge in [-0.2, -0.15) is 0 Å². The fourth-order valence-electron chi connectivity index (χ4n) is 2.35. The molecule has 0 saturated carbocycles. The maximum absolute atomic E-state index is 4.78. The Morgan fingerprint density at radius 3 is 2.38 bits per heavy atom. The highest BCUT2D eigenvalue weighted by molar-refractivity contribution is 5.40. The molecule has 0 bridgehead atoms. The molecule has 16 heavy (non-hydrogen) atoms. The van der Waals surface area contributed by atoms with Crippen LogP contribution in [0.5, 0.6) is 0 Å². The van der Waals surface area contributed by atoms with Crippen LogP contribution in [0.1, 0.15) is 43.4 Å². The summed E-state index contributed by atoms with van der Waals surface area (Å²) < 4.78 is 0. The van der Waals surface area contributed by atoms with Crippen molar-refractivity contribution in [3.63, 3.8) is 0 Å². The van der Waals surface area contributed by atoms with Crippen molar-refractivity contribution >= 4 is 5.82 Å². The fraction of sp³-hybridized carbons (Fsp3) is 0.643. The van der Waals surface area contributed by atoms with Crippen LogP contribution in [-0.4, -0.2) is 19.1 Å². The second kappa shape index (κ2) is 5.33. The van der Waals surface area contributed by atoms with Crippen LogP contribution in [0.4, 0.5) is 5.82 Å². The minimum atomic E-state index is 1.10. The van der Waals surface area contributed by atoms with Crippen LogP contribution in [0.3, 0.4) is 0 Å². The summed E-state index contributed by atoms with van der Waals surface area (Å²) in [6.45, 7) is 0. The Bertz CT molecular complexity index is 345. The molecule has 1 heterocycles. The predicted octanol–water partition coefficient (Wildman–Crippen LogP) is 3.20. The molecule has 0 atom stereocenters. The van der Waals surface area contributed by atoms with Gasteiger partial charge in [-0.3, -0.25) is 0 Å². The molecule has 0 fully saturated rings. The van der Waals surface area contributed by atoms with E-state index in [0.29, 0.717) is 0 Å². The summed E-state index contributed by atoms with van der Waals surface area (Å²) in [4.78, 5) is 6.87. The van der Waals surface area contributed by atoms with E-state index in [-0.39, 0.29) is 0 Å². The number of anilines is 1. The summed E-state index contributed by atoms with van der Waals surface area (Å²) in [5.41, 5.74) is 2.82. The summed E-state index contributed by atoms with van der Waals surface area (Å²) in [5.74, 6) is 1.10. The first-order chi connectivity index (χ1) is 7.77. The molecule has 88 valence electrons. The molecule has 1 aromatic rings. The molecule has 0 radical (unpaired) electrons. The molecular weight excluding hydrogens is 196 g/mol. The zero-order valence-electron chi connectivity index (χ0n) is 10.5. The number of hydrogen-bond donors (Lipinski definition) is 0. The van der Waals surface area contributed by atoms with Gasteiger partial charge in [0.2, 0.25) is 0 Å². The number of aryl methyl sites for hydroxylation is 2. The first-order valence-corrected chi connectivity index (χ1v) is 6.43. The first-order valence-electron chi connectivity index (χ1n) is 6.43. The number of hydrogen-bond acceptors (Lipinski definition) is 2. The monoisotopic (exact) mass is 218 g/mol. The van der Waals surface area contributed by atoms with Gasteiger partial charge in [0.05, 0.1) is 0 Å². The molecule has 0 amide bonds. The van der Waals surface area contributed by atoms with Crippen molar-refractivity contribution in [3.8, 4) is 0 Å². The zero-order chi connectivity index (χ0) is 11.4. The Labute approximate surface area is 98.7 Å². The molecule has 2 nitrogen and oxygen atoms in total. The van der Waals surface area contributed by atoms with Crippen molar-refractivity contribution in [1.82, 2.24) is 4.98 Å². The van der Waals surface area contributed by atoms with Crippen LogP contribution in [0.2, 0.25) is 0 Å². The molecule has 0 aromatic carbocycles. The average molecular weight is 218 g/mol. The standard InChI is InChI=1S/C14H22N2/c1-16(2)14-11-10-12-8-6-4-3-5-7-9-13(12)15-14/h10-11H,3-9H2,1-2H3. The number of aromatic nitrogens is 1. The third kappa shape index (κ3) is 2.75. The topological polar surface area (TPSA) is 16.1 Å². The fourth-order valence-corrected chi connectivity index (χ4v) is 2.35. The maximum Gasteiger partial charge on any atom is 0.128 e. The number of pyridine rings is 1. The summed E-state index contributed by atoms with van der Waals surface area (Å²) in [6, 6.07) is 4.43. The summed E-state index contributed by atoms with van der Waals surface area (Å²) in [6.07, 6.45) is 9.16. The normalized spacial score (nSPS) is 16.9. The lowest BCUT2D eigenvalue weighted by molar-refractivity contribution is 0.628. The van der Waals surface area contributed by atoms with Gasteiger partial charge in [-0.15, -0.1) is 0 Å². The third-order valence-electron chi connectivity index (χ3n) is 3.37. The maximum atomic E-state index is 4.78. The average Bonchev–Trinajstić information content (AvgIpc) is 2.39. The second-order valence-electron chi connectivity index (χ2n) is 4.94. The van der Waals surface area contributed by atoms with Gasteiger partial charge >= 0.3 is 0 Å². The lowest BCUT2D eigenvalue weighted by Crippen LogP contribution is -2.12. The molecule has 0 N–H and O–H groups in total. The molecule has 1 aromatic heterocycles. The van der Waals surface area contributed by atoms with E-state index in [1.807, 2.05) is 0 Å². The lowest BCUT2D eigenvalue weighted by atomic mass is 10.1. The molecule has 0 unspecified atom stereocenters. The quantitative estimate of drug-likeness (QED) is 0.719. The van der Waals surface area contributed by atoms with E-state index < -0.39 is 0 Å². The van der Waals surface area contributed by atoms with E-state index in [1.54, 1.807) is 0 Å². The number of rotatable bonds is 1. The Morgan fingerprint density at radius 1 is 0.938 bits per heavy atom. The third-order valence-corrected chi connectivity index (χ3v) is 3.37. The molecule has 0 spiro atoms. The molecule has 1 aliphatic carbocycles. The first kappa shape index (κ1) is 11.4. The molecule has 0 aliphatic heterocycles. The van der Waals surface area contributed by atoms with Gasteiger partial charge in [0, 0.05) is 19.8 Å². The summed E-state index contributed by atoms with van der Waals surface area (Å²) in [7, 11) is 4.12. The Kier molecular flexibility index (Phi) is 3.81. The minimum absolute atomic E-state index is 1.10. The molecule has 0 saturated heterocycles. The Hall–Kier alpha value is -1.05. The van der Waals surface area contributed by atoms with Crippen LogP contribution in [0.15, 0.2) is 12.1 Å². The van der Waals surface area contributed by atoms with Gasteiger partial charge in [-0.25, -0.2) is 4.98 Å². The van der Waals surface area contributed by atoms with Crippen molar-refractivity contribution in [2.24, 2.45) is 0 Å². The van der Waals surface area contributed by atoms with Crippen molar-refractivity contribution in [3.05, 3.63) is 23.4 Å². The van der Waals surface area contributed by atoms with E-state index in [4.69, 9.17) is 4.98 Å². The van der Waals surface area contributed by atoms with Crippen molar-refractivity contribution in [2.45, 2.75) is 44.9 Å². The van der Waals surface area contributed by atoms with Crippen LogP contribution in [0.25, 0.3) is 0 Å². The Morgan fingerprint density at radius 2 is 1.62 bits per heavy atom.